The van der Waals surface area contributed by atoms with Crippen LogP contribution in [0, 0.1) is 6.92 Å². The first kappa shape index (κ1) is 18.2. The molecule has 0 radical (unpaired) electrons. The second kappa shape index (κ2) is 10.8. The summed E-state index contributed by atoms with van der Waals surface area (Å²) in [4.78, 5) is 0. The topological polar surface area (TPSA) is 46.2 Å². The largest absolute Gasteiger partial charge is 0.392 e. The predicted octanol–water partition coefficient (Wildman–Crippen LogP) is 4.54. The van der Waals surface area contributed by atoms with Crippen molar-refractivity contribution < 1.29 is 5.11 Å². The van der Waals surface area contributed by atoms with Crippen LogP contribution in [0.5, 0.6) is 0 Å². The summed E-state index contributed by atoms with van der Waals surface area (Å²) in [5.74, 6) is 0.0747. The maximum absolute atomic E-state index is 10.4. The molecule has 2 unspecified atom stereocenters. The lowest BCUT2D eigenvalue weighted by Gasteiger charge is -2.22. The van der Waals surface area contributed by atoms with Crippen LogP contribution < -0.4 is 5.73 Å². The molecule has 1 rings (SSSR count). The Hall–Kier alpha value is -0.860. The standard InChI is InChI=1S/C19H33NO/c1-3-4-5-6-7-8-9-10-19(21)18(15-20)17-13-11-16(2)12-14-17/h11-14,18-19,21H,3-10,15,20H2,1-2H3. The highest BCUT2D eigenvalue weighted by molar-refractivity contribution is 5.25. The molecule has 1 aromatic rings. The van der Waals surface area contributed by atoms with Gasteiger partial charge in [0.1, 0.15) is 0 Å². The first-order valence-electron chi connectivity index (χ1n) is 8.63. The van der Waals surface area contributed by atoms with E-state index in [9.17, 15) is 5.11 Å². The van der Waals surface area contributed by atoms with E-state index in [1.807, 2.05) is 0 Å². The Kier molecular flexibility index (Phi) is 9.36. The van der Waals surface area contributed by atoms with E-state index >= 15 is 0 Å². The van der Waals surface area contributed by atoms with Gasteiger partial charge in [0.15, 0.2) is 0 Å². The van der Waals surface area contributed by atoms with Crippen molar-refractivity contribution in [1.82, 2.24) is 0 Å². The molecule has 0 aromatic heterocycles. The van der Waals surface area contributed by atoms with Gasteiger partial charge in [0.2, 0.25) is 0 Å². The summed E-state index contributed by atoms with van der Waals surface area (Å²) in [6.45, 7) is 4.84. The lowest BCUT2D eigenvalue weighted by atomic mass is 9.90. The second-order valence-electron chi connectivity index (χ2n) is 6.23. The molecular formula is C19H33NO. The first-order valence-corrected chi connectivity index (χ1v) is 8.63. The number of unbranched alkanes of at least 4 members (excludes halogenated alkanes) is 6. The van der Waals surface area contributed by atoms with Crippen LogP contribution >= 0.6 is 0 Å². The van der Waals surface area contributed by atoms with Gasteiger partial charge in [-0.2, -0.15) is 0 Å². The minimum absolute atomic E-state index is 0.0747. The van der Waals surface area contributed by atoms with Crippen molar-refractivity contribution in [3.05, 3.63) is 35.4 Å². The molecular weight excluding hydrogens is 258 g/mol. The molecule has 0 heterocycles. The summed E-state index contributed by atoms with van der Waals surface area (Å²) in [5, 5.41) is 10.4. The molecule has 2 atom stereocenters. The Morgan fingerprint density at radius 1 is 0.952 bits per heavy atom. The van der Waals surface area contributed by atoms with Gasteiger partial charge in [-0.1, -0.05) is 81.7 Å². The molecule has 1 aromatic carbocycles. The third-order valence-electron chi connectivity index (χ3n) is 4.33. The minimum Gasteiger partial charge on any atom is -0.392 e. The van der Waals surface area contributed by atoms with Crippen LogP contribution in [-0.2, 0) is 0 Å². The molecule has 2 nitrogen and oxygen atoms in total. The fourth-order valence-electron chi connectivity index (χ4n) is 2.84. The molecule has 0 aliphatic rings. The van der Waals surface area contributed by atoms with E-state index in [1.165, 1.54) is 49.7 Å². The van der Waals surface area contributed by atoms with Crippen molar-refractivity contribution in [1.29, 1.82) is 0 Å². The van der Waals surface area contributed by atoms with Crippen molar-refractivity contribution in [2.75, 3.05) is 6.54 Å². The van der Waals surface area contributed by atoms with Crippen LogP contribution in [0.4, 0.5) is 0 Å². The van der Waals surface area contributed by atoms with Crippen LogP contribution in [0.1, 0.15) is 75.3 Å². The third-order valence-corrected chi connectivity index (χ3v) is 4.33. The van der Waals surface area contributed by atoms with E-state index in [-0.39, 0.29) is 12.0 Å². The van der Waals surface area contributed by atoms with Crippen LogP contribution in [0.2, 0.25) is 0 Å². The third kappa shape index (κ3) is 7.10. The van der Waals surface area contributed by atoms with Gasteiger partial charge in [-0.3, -0.25) is 0 Å². The highest BCUT2D eigenvalue weighted by Gasteiger charge is 2.19. The van der Waals surface area contributed by atoms with Gasteiger partial charge in [0.05, 0.1) is 6.10 Å². The summed E-state index contributed by atoms with van der Waals surface area (Å²) in [6.07, 6.45) is 9.53. The van der Waals surface area contributed by atoms with E-state index in [0.29, 0.717) is 6.54 Å². The number of aliphatic hydroxyl groups excluding tert-OH is 1. The predicted molar refractivity (Wildman–Crippen MR) is 91.6 cm³/mol. The van der Waals surface area contributed by atoms with Crippen LogP contribution in [-0.4, -0.2) is 17.8 Å². The summed E-state index contributed by atoms with van der Waals surface area (Å²) < 4.78 is 0. The summed E-state index contributed by atoms with van der Waals surface area (Å²) in [6, 6.07) is 8.39. The molecule has 0 spiro atoms. The van der Waals surface area contributed by atoms with Crippen molar-refractivity contribution in [3.63, 3.8) is 0 Å². The zero-order chi connectivity index (χ0) is 15.5. The number of benzene rings is 1. The quantitative estimate of drug-likeness (QED) is 0.588. The van der Waals surface area contributed by atoms with Crippen molar-refractivity contribution in [3.8, 4) is 0 Å². The second-order valence-corrected chi connectivity index (χ2v) is 6.23. The van der Waals surface area contributed by atoms with Gasteiger partial charge in [-0.25, -0.2) is 0 Å². The minimum atomic E-state index is -0.312. The summed E-state index contributed by atoms with van der Waals surface area (Å²) in [7, 11) is 0. The monoisotopic (exact) mass is 291 g/mol. The van der Waals surface area contributed by atoms with Gasteiger partial charge < -0.3 is 10.8 Å². The zero-order valence-corrected chi connectivity index (χ0v) is 13.9. The number of hydrogen-bond donors (Lipinski definition) is 2. The van der Waals surface area contributed by atoms with Gasteiger partial charge >= 0.3 is 0 Å². The lowest BCUT2D eigenvalue weighted by Crippen LogP contribution is -2.25. The molecule has 0 saturated carbocycles. The first-order chi connectivity index (χ1) is 10.2. The van der Waals surface area contributed by atoms with Crippen LogP contribution in [0.25, 0.3) is 0 Å². The highest BCUT2D eigenvalue weighted by Crippen LogP contribution is 2.23. The molecule has 0 fully saturated rings. The number of rotatable bonds is 11. The maximum Gasteiger partial charge on any atom is 0.0620 e. The normalized spacial score (nSPS) is 14.1. The Labute approximate surface area is 130 Å². The molecule has 0 amide bonds. The average molecular weight is 291 g/mol. The van der Waals surface area contributed by atoms with E-state index in [4.69, 9.17) is 5.73 Å². The van der Waals surface area contributed by atoms with E-state index in [0.717, 1.165) is 12.8 Å². The van der Waals surface area contributed by atoms with Gasteiger partial charge in [-0.15, -0.1) is 0 Å². The molecule has 21 heavy (non-hydrogen) atoms. The van der Waals surface area contributed by atoms with Crippen LogP contribution in [0.3, 0.4) is 0 Å². The average Bonchev–Trinajstić information content (AvgIpc) is 2.49. The molecule has 3 N–H and O–H groups in total. The maximum atomic E-state index is 10.4. The number of aryl methyl sites for hydroxylation is 1. The lowest BCUT2D eigenvalue weighted by molar-refractivity contribution is 0.132. The van der Waals surface area contributed by atoms with Gasteiger partial charge in [0, 0.05) is 12.5 Å². The SMILES string of the molecule is CCCCCCCCCC(O)C(CN)c1ccc(C)cc1. The Morgan fingerprint density at radius 3 is 2.10 bits per heavy atom. The molecule has 0 aliphatic carbocycles. The molecule has 0 aliphatic heterocycles. The summed E-state index contributed by atoms with van der Waals surface area (Å²) >= 11 is 0. The van der Waals surface area contributed by atoms with E-state index < -0.39 is 0 Å². The Bertz CT molecular complexity index is 360. The number of nitrogens with two attached hydrogens (primary N) is 1. The number of hydrogen-bond acceptors (Lipinski definition) is 2. The highest BCUT2D eigenvalue weighted by atomic mass is 16.3. The van der Waals surface area contributed by atoms with Crippen molar-refractivity contribution in [2.45, 2.75) is 77.2 Å². The van der Waals surface area contributed by atoms with Crippen molar-refractivity contribution >= 4 is 0 Å². The van der Waals surface area contributed by atoms with E-state index in [2.05, 4.69) is 38.1 Å². The van der Waals surface area contributed by atoms with Crippen molar-refractivity contribution in [2.24, 2.45) is 5.73 Å². The smallest absolute Gasteiger partial charge is 0.0620 e. The molecule has 0 saturated heterocycles. The number of aliphatic hydroxyl groups is 1. The molecule has 2 heteroatoms. The fraction of sp³-hybridized carbons (Fsp3) is 0.684. The zero-order valence-electron chi connectivity index (χ0n) is 13.9. The molecule has 120 valence electrons. The van der Waals surface area contributed by atoms with Gasteiger partial charge in [0.25, 0.3) is 0 Å². The Balaban J connectivity index is 2.28. The molecule has 0 bridgehead atoms. The van der Waals surface area contributed by atoms with Crippen LogP contribution in [0.15, 0.2) is 24.3 Å². The fourth-order valence-corrected chi connectivity index (χ4v) is 2.84. The summed E-state index contributed by atoms with van der Waals surface area (Å²) in [5.41, 5.74) is 8.28. The van der Waals surface area contributed by atoms with Gasteiger partial charge in [-0.05, 0) is 18.9 Å². The Morgan fingerprint density at radius 2 is 1.52 bits per heavy atom. The van der Waals surface area contributed by atoms with E-state index in [1.54, 1.807) is 0 Å².